The fourth-order valence-electron chi connectivity index (χ4n) is 1.01. The summed E-state index contributed by atoms with van der Waals surface area (Å²) in [5, 5.41) is 13.0. The molecule has 2 atom stereocenters. The van der Waals surface area contributed by atoms with E-state index in [0.29, 0.717) is 0 Å². The summed E-state index contributed by atoms with van der Waals surface area (Å²) < 4.78 is 0. The van der Waals surface area contributed by atoms with Gasteiger partial charge in [0.15, 0.2) is 0 Å². The number of urea groups is 1. The van der Waals surface area contributed by atoms with E-state index in [-0.39, 0.29) is 5.92 Å². The summed E-state index contributed by atoms with van der Waals surface area (Å²) in [6, 6.07) is -2.57. The summed E-state index contributed by atoms with van der Waals surface area (Å²) in [5.74, 6) is -1.98. The standard InChI is InChI=1S/C9H17N3O4/c1-4(2)6(7(10)13)12-9(16)11-5(3)8(14)15/h4-6H,1-3H3,(H2,10,13)(H,14,15)(H2,11,12,16)/t5-,6?/m1/s1. The summed E-state index contributed by atoms with van der Waals surface area (Å²) in [6.07, 6.45) is 0. The Morgan fingerprint density at radius 2 is 1.62 bits per heavy atom. The first-order valence-electron chi connectivity index (χ1n) is 4.84. The molecule has 0 radical (unpaired) electrons. The van der Waals surface area contributed by atoms with Crippen LogP contribution in [0.1, 0.15) is 20.8 Å². The minimum atomic E-state index is -1.16. The predicted molar refractivity (Wildman–Crippen MR) is 56.6 cm³/mol. The monoisotopic (exact) mass is 231 g/mol. The summed E-state index contributed by atoms with van der Waals surface area (Å²) in [4.78, 5) is 32.7. The predicted octanol–water partition coefficient (Wildman–Crippen LogP) is -0.731. The molecule has 0 aliphatic rings. The first-order valence-corrected chi connectivity index (χ1v) is 4.84. The highest BCUT2D eigenvalue weighted by molar-refractivity contribution is 5.88. The lowest BCUT2D eigenvalue weighted by Crippen LogP contribution is -2.53. The maximum absolute atomic E-state index is 11.3. The van der Waals surface area contributed by atoms with Crippen molar-refractivity contribution in [3.05, 3.63) is 0 Å². The highest BCUT2D eigenvalue weighted by Crippen LogP contribution is 2.00. The third kappa shape index (κ3) is 4.63. The van der Waals surface area contributed by atoms with Crippen LogP contribution < -0.4 is 16.4 Å². The average Bonchev–Trinajstić information content (AvgIpc) is 2.12. The van der Waals surface area contributed by atoms with Crippen LogP contribution in [0.2, 0.25) is 0 Å². The van der Waals surface area contributed by atoms with Gasteiger partial charge in [-0.3, -0.25) is 9.59 Å². The highest BCUT2D eigenvalue weighted by Gasteiger charge is 2.23. The first-order chi connectivity index (χ1) is 7.25. The van der Waals surface area contributed by atoms with Gasteiger partial charge in [-0.2, -0.15) is 0 Å². The van der Waals surface area contributed by atoms with Crippen LogP contribution in [-0.4, -0.2) is 35.1 Å². The molecule has 3 amide bonds. The van der Waals surface area contributed by atoms with Crippen molar-refractivity contribution in [2.45, 2.75) is 32.9 Å². The molecule has 0 aromatic rings. The molecule has 0 saturated heterocycles. The molecule has 0 bridgehead atoms. The minimum absolute atomic E-state index is 0.164. The number of nitrogens with one attached hydrogen (secondary N) is 2. The number of hydrogen-bond donors (Lipinski definition) is 4. The van der Waals surface area contributed by atoms with E-state index >= 15 is 0 Å². The third-order valence-electron chi connectivity index (χ3n) is 1.98. The zero-order valence-corrected chi connectivity index (χ0v) is 9.48. The van der Waals surface area contributed by atoms with E-state index in [9.17, 15) is 14.4 Å². The van der Waals surface area contributed by atoms with Crippen LogP contribution >= 0.6 is 0 Å². The van der Waals surface area contributed by atoms with Crippen molar-refractivity contribution in [3.63, 3.8) is 0 Å². The quantitative estimate of drug-likeness (QED) is 0.498. The van der Waals surface area contributed by atoms with E-state index in [0.717, 1.165) is 0 Å². The summed E-state index contributed by atoms with van der Waals surface area (Å²) in [7, 11) is 0. The van der Waals surface area contributed by atoms with E-state index in [1.54, 1.807) is 13.8 Å². The van der Waals surface area contributed by atoms with Gasteiger partial charge >= 0.3 is 12.0 Å². The van der Waals surface area contributed by atoms with Gasteiger partial charge in [-0.25, -0.2) is 4.79 Å². The maximum Gasteiger partial charge on any atom is 0.325 e. The highest BCUT2D eigenvalue weighted by atomic mass is 16.4. The normalized spacial score (nSPS) is 14.0. The molecule has 7 nitrogen and oxygen atoms in total. The van der Waals surface area contributed by atoms with Gasteiger partial charge in [0.25, 0.3) is 0 Å². The second kappa shape index (κ2) is 5.94. The van der Waals surface area contributed by atoms with Crippen LogP contribution in [0, 0.1) is 5.92 Å². The van der Waals surface area contributed by atoms with Crippen LogP contribution in [0.3, 0.4) is 0 Å². The van der Waals surface area contributed by atoms with Crippen LogP contribution in [0.4, 0.5) is 4.79 Å². The van der Waals surface area contributed by atoms with E-state index in [2.05, 4.69) is 10.6 Å². The fraction of sp³-hybridized carbons (Fsp3) is 0.667. The zero-order valence-electron chi connectivity index (χ0n) is 9.48. The molecule has 1 unspecified atom stereocenters. The van der Waals surface area contributed by atoms with Crippen molar-refractivity contribution < 1.29 is 19.5 Å². The number of carboxylic acid groups (broad SMARTS) is 1. The molecule has 0 saturated carbocycles. The van der Waals surface area contributed by atoms with Crippen molar-refractivity contribution in [1.82, 2.24) is 10.6 Å². The molecular formula is C9H17N3O4. The molecular weight excluding hydrogens is 214 g/mol. The molecule has 0 heterocycles. The maximum atomic E-state index is 11.3. The smallest absolute Gasteiger partial charge is 0.325 e. The van der Waals surface area contributed by atoms with E-state index in [4.69, 9.17) is 10.8 Å². The van der Waals surface area contributed by atoms with Gasteiger partial charge in [0.05, 0.1) is 0 Å². The zero-order chi connectivity index (χ0) is 12.9. The van der Waals surface area contributed by atoms with Gasteiger partial charge in [-0.05, 0) is 12.8 Å². The molecule has 5 N–H and O–H groups in total. The van der Waals surface area contributed by atoms with Gasteiger partial charge < -0.3 is 21.5 Å². The summed E-state index contributed by atoms with van der Waals surface area (Å²) in [5.41, 5.74) is 5.08. The number of amides is 3. The molecule has 0 fully saturated rings. The van der Waals surface area contributed by atoms with E-state index < -0.39 is 30.0 Å². The Morgan fingerprint density at radius 3 is 1.94 bits per heavy atom. The van der Waals surface area contributed by atoms with Gasteiger partial charge in [-0.15, -0.1) is 0 Å². The van der Waals surface area contributed by atoms with Crippen LogP contribution in [-0.2, 0) is 9.59 Å². The van der Waals surface area contributed by atoms with Crippen molar-refractivity contribution >= 4 is 17.9 Å². The second-order valence-corrected chi connectivity index (χ2v) is 3.80. The van der Waals surface area contributed by atoms with Crippen LogP contribution in [0.15, 0.2) is 0 Å². The molecule has 0 aromatic heterocycles. The Kier molecular flexibility index (Phi) is 5.27. The number of carbonyl (C=O) groups excluding carboxylic acids is 2. The Bertz CT molecular complexity index is 290. The first kappa shape index (κ1) is 14.2. The van der Waals surface area contributed by atoms with Crippen molar-refractivity contribution in [2.24, 2.45) is 11.7 Å². The lowest BCUT2D eigenvalue weighted by Gasteiger charge is -2.20. The van der Waals surface area contributed by atoms with Gasteiger partial charge in [0.2, 0.25) is 5.91 Å². The Morgan fingerprint density at radius 1 is 1.12 bits per heavy atom. The van der Waals surface area contributed by atoms with Gasteiger partial charge in [0.1, 0.15) is 12.1 Å². The van der Waals surface area contributed by atoms with Crippen LogP contribution in [0.5, 0.6) is 0 Å². The topological polar surface area (TPSA) is 122 Å². The van der Waals surface area contributed by atoms with E-state index in [1.165, 1.54) is 6.92 Å². The van der Waals surface area contributed by atoms with Crippen molar-refractivity contribution in [3.8, 4) is 0 Å². The minimum Gasteiger partial charge on any atom is -0.480 e. The number of rotatable bonds is 5. The molecule has 0 spiro atoms. The Balaban J connectivity index is 4.31. The number of aliphatic carboxylic acids is 1. The molecule has 7 heteroatoms. The molecule has 0 aliphatic heterocycles. The second-order valence-electron chi connectivity index (χ2n) is 3.80. The van der Waals surface area contributed by atoms with Crippen molar-refractivity contribution in [1.29, 1.82) is 0 Å². The molecule has 0 aromatic carbocycles. The molecule has 16 heavy (non-hydrogen) atoms. The summed E-state index contributed by atoms with van der Waals surface area (Å²) >= 11 is 0. The molecule has 92 valence electrons. The fourth-order valence-corrected chi connectivity index (χ4v) is 1.01. The van der Waals surface area contributed by atoms with Gasteiger partial charge in [0, 0.05) is 0 Å². The Labute approximate surface area is 93.4 Å². The SMILES string of the molecule is CC(C)C(NC(=O)N[C@H](C)C(=O)O)C(N)=O. The number of carbonyl (C=O) groups is 3. The molecule has 0 aliphatic carbocycles. The number of nitrogens with two attached hydrogens (primary N) is 1. The number of carboxylic acids is 1. The third-order valence-corrected chi connectivity index (χ3v) is 1.98. The number of hydrogen-bond acceptors (Lipinski definition) is 3. The van der Waals surface area contributed by atoms with Gasteiger partial charge in [-0.1, -0.05) is 13.8 Å². The van der Waals surface area contributed by atoms with E-state index in [1.807, 2.05) is 0 Å². The van der Waals surface area contributed by atoms with Crippen LogP contribution in [0.25, 0.3) is 0 Å². The lowest BCUT2D eigenvalue weighted by molar-refractivity contribution is -0.138. The average molecular weight is 231 g/mol. The number of primary amides is 1. The van der Waals surface area contributed by atoms with Crippen molar-refractivity contribution in [2.75, 3.05) is 0 Å². The lowest BCUT2D eigenvalue weighted by atomic mass is 10.0. The summed E-state index contributed by atoms with van der Waals surface area (Å²) in [6.45, 7) is 4.75. The Hall–Kier alpha value is -1.79. The molecule has 0 rings (SSSR count). The largest absolute Gasteiger partial charge is 0.480 e.